The topological polar surface area (TPSA) is 92.5 Å². The summed E-state index contributed by atoms with van der Waals surface area (Å²) in [6.45, 7) is 3.70. The molecule has 1 aromatic heterocycles. The molecule has 0 aromatic carbocycles. The number of aryl methyl sites for hydroxylation is 1. The van der Waals surface area contributed by atoms with Gasteiger partial charge in [0.2, 0.25) is 0 Å². The van der Waals surface area contributed by atoms with Gasteiger partial charge < -0.3 is 10.0 Å². The molecule has 1 aromatic rings. The minimum absolute atomic E-state index is 0.0593. The molecule has 0 aliphatic carbocycles. The Morgan fingerprint density at radius 3 is 2.53 bits per heavy atom. The first-order chi connectivity index (χ1) is 8.81. The van der Waals surface area contributed by atoms with E-state index >= 15 is 0 Å². The first kappa shape index (κ1) is 14.9. The van der Waals surface area contributed by atoms with Crippen LogP contribution < -0.4 is 5.56 Å². The van der Waals surface area contributed by atoms with Crippen molar-refractivity contribution in [2.24, 2.45) is 13.0 Å². The highest BCUT2D eigenvalue weighted by Gasteiger charge is 2.21. The van der Waals surface area contributed by atoms with E-state index in [0.717, 1.165) is 4.68 Å². The van der Waals surface area contributed by atoms with Gasteiger partial charge in [0.15, 0.2) is 0 Å². The van der Waals surface area contributed by atoms with E-state index in [2.05, 4.69) is 5.10 Å². The van der Waals surface area contributed by atoms with Crippen molar-refractivity contribution in [1.29, 1.82) is 0 Å². The van der Waals surface area contributed by atoms with Crippen molar-refractivity contribution in [1.82, 2.24) is 14.7 Å². The second-order valence-electron chi connectivity index (χ2n) is 4.65. The zero-order valence-corrected chi connectivity index (χ0v) is 11.2. The number of carbonyl (C=O) groups is 2. The molecular formula is C12H17N3O4. The Morgan fingerprint density at radius 2 is 2.05 bits per heavy atom. The van der Waals surface area contributed by atoms with Gasteiger partial charge in [0.1, 0.15) is 12.2 Å². The van der Waals surface area contributed by atoms with E-state index in [1.54, 1.807) is 0 Å². The van der Waals surface area contributed by atoms with Gasteiger partial charge in [-0.1, -0.05) is 13.8 Å². The van der Waals surface area contributed by atoms with Crippen molar-refractivity contribution in [3.8, 4) is 0 Å². The molecule has 0 saturated heterocycles. The minimum atomic E-state index is -1.08. The van der Waals surface area contributed by atoms with Crippen LogP contribution in [0.2, 0.25) is 0 Å². The van der Waals surface area contributed by atoms with Crippen molar-refractivity contribution >= 4 is 11.9 Å². The fourth-order valence-electron chi connectivity index (χ4n) is 1.60. The minimum Gasteiger partial charge on any atom is -0.480 e. The molecule has 19 heavy (non-hydrogen) atoms. The first-order valence-corrected chi connectivity index (χ1v) is 5.86. The monoisotopic (exact) mass is 267 g/mol. The van der Waals surface area contributed by atoms with Gasteiger partial charge in [0, 0.05) is 19.7 Å². The molecule has 0 atom stereocenters. The maximum Gasteiger partial charge on any atom is 0.323 e. The summed E-state index contributed by atoms with van der Waals surface area (Å²) in [5.74, 6) is -1.44. The van der Waals surface area contributed by atoms with Crippen molar-refractivity contribution in [2.45, 2.75) is 13.8 Å². The quantitative estimate of drug-likeness (QED) is 0.808. The average Bonchev–Trinajstić information content (AvgIpc) is 2.29. The molecule has 0 spiro atoms. The van der Waals surface area contributed by atoms with Crippen molar-refractivity contribution in [3.63, 3.8) is 0 Å². The van der Waals surface area contributed by atoms with E-state index in [1.165, 1.54) is 24.1 Å². The van der Waals surface area contributed by atoms with Gasteiger partial charge >= 0.3 is 5.97 Å². The Morgan fingerprint density at radius 1 is 1.42 bits per heavy atom. The number of hydrogen-bond acceptors (Lipinski definition) is 4. The highest BCUT2D eigenvalue weighted by atomic mass is 16.4. The van der Waals surface area contributed by atoms with Crippen molar-refractivity contribution in [2.75, 3.05) is 13.1 Å². The summed E-state index contributed by atoms with van der Waals surface area (Å²) in [7, 11) is 1.43. The highest BCUT2D eigenvalue weighted by Crippen LogP contribution is 2.04. The lowest BCUT2D eigenvalue weighted by molar-refractivity contribution is -0.137. The summed E-state index contributed by atoms with van der Waals surface area (Å²) >= 11 is 0. The summed E-state index contributed by atoms with van der Waals surface area (Å²) < 4.78 is 1.04. The van der Waals surface area contributed by atoms with Gasteiger partial charge in [-0.3, -0.25) is 14.4 Å². The van der Waals surface area contributed by atoms with Crippen LogP contribution in [0.25, 0.3) is 0 Å². The molecule has 0 radical (unpaired) electrons. The highest BCUT2D eigenvalue weighted by molar-refractivity contribution is 5.93. The SMILES string of the molecule is CC(C)CN(CC(=O)O)C(=O)c1ccc(=O)n(C)n1. The van der Waals surface area contributed by atoms with Crippen LogP contribution >= 0.6 is 0 Å². The molecule has 0 saturated carbocycles. The molecule has 7 heteroatoms. The summed E-state index contributed by atoms with van der Waals surface area (Å²) in [5.41, 5.74) is -0.269. The Labute approximate surface area is 110 Å². The zero-order valence-electron chi connectivity index (χ0n) is 11.2. The van der Waals surface area contributed by atoms with Crippen LogP contribution in [0.1, 0.15) is 24.3 Å². The maximum absolute atomic E-state index is 12.2. The Hall–Kier alpha value is -2.18. The number of carbonyl (C=O) groups excluding carboxylic acids is 1. The van der Waals surface area contributed by atoms with Gasteiger partial charge in [-0.15, -0.1) is 0 Å². The van der Waals surface area contributed by atoms with Crippen LogP contribution in [0, 0.1) is 5.92 Å². The van der Waals surface area contributed by atoms with Crippen LogP contribution in [-0.4, -0.2) is 44.8 Å². The van der Waals surface area contributed by atoms with Crippen molar-refractivity contribution in [3.05, 3.63) is 28.2 Å². The van der Waals surface area contributed by atoms with E-state index in [4.69, 9.17) is 5.11 Å². The first-order valence-electron chi connectivity index (χ1n) is 5.86. The summed E-state index contributed by atoms with van der Waals surface area (Å²) in [4.78, 5) is 35.4. The Bertz CT molecular complexity index is 536. The van der Waals surface area contributed by atoms with Crippen LogP contribution in [0.3, 0.4) is 0 Å². The van der Waals surface area contributed by atoms with Crippen LogP contribution in [-0.2, 0) is 11.8 Å². The zero-order chi connectivity index (χ0) is 14.6. The molecule has 1 heterocycles. The Balaban J connectivity index is 3.00. The maximum atomic E-state index is 12.2. The lowest BCUT2D eigenvalue weighted by Gasteiger charge is -2.22. The van der Waals surface area contributed by atoms with Gasteiger partial charge in [-0.25, -0.2) is 4.68 Å². The normalized spacial score (nSPS) is 10.5. The van der Waals surface area contributed by atoms with Crippen LogP contribution in [0.5, 0.6) is 0 Å². The van der Waals surface area contributed by atoms with Crippen molar-refractivity contribution < 1.29 is 14.7 Å². The molecule has 104 valence electrons. The number of aromatic nitrogens is 2. The van der Waals surface area contributed by atoms with E-state index in [9.17, 15) is 14.4 Å². The Kier molecular flexibility index (Phi) is 4.80. The molecule has 1 rings (SSSR count). The second kappa shape index (κ2) is 6.12. The van der Waals surface area contributed by atoms with E-state index in [-0.39, 0.29) is 23.7 Å². The number of hydrogen-bond donors (Lipinski definition) is 1. The van der Waals surface area contributed by atoms with E-state index in [1.807, 2.05) is 13.8 Å². The van der Waals surface area contributed by atoms with E-state index < -0.39 is 11.9 Å². The third kappa shape index (κ3) is 4.20. The lowest BCUT2D eigenvalue weighted by atomic mass is 10.2. The third-order valence-electron chi connectivity index (χ3n) is 2.38. The van der Waals surface area contributed by atoms with Gasteiger partial charge in [0.05, 0.1) is 0 Å². The number of aliphatic carboxylic acids is 1. The van der Waals surface area contributed by atoms with E-state index in [0.29, 0.717) is 6.54 Å². The molecule has 0 aliphatic heterocycles. The lowest BCUT2D eigenvalue weighted by Crippen LogP contribution is -2.39. The molecule has 0 unspecified atom stereocenters. The molecule has 0 bridgehead atoms. The molecule has 0 aliphatic rings. The fourth-order valence-corrected chi connectivity index (χ4v) is 1.60. The number of carboxylic acid groups (broad SMARTS) is 1. The van der Waals surface area contributed by atoms with Crippen LogP contribution in [0.4, 0.5) is 0 Å². The van der Waals surface area contributed by atoms with Gasteiger partial charge in [-0.05, 0) is 12.0 Å². The molecular weight excluding hydrogens is 250 g/mol. The summed E-state index contributed by atoms with van der Waals surface area (Å²) in [5, 5.41) is 12.6. The van der Waals surface area contributed by atoms with Gasteiger partial charge in [0.25, 0.3) is 11.5 Å². The predicted octanol–water partition coefficient (Wildman–Crippen LogP) is -0.0369. The second-order valence-corrected chi connectivity index (χ2v) is 4.65. The number of carboxylic acids is 1. The fraction of sp³-hybridized carbons (Fsp3) is 0.500. The predicted molar refractivity (Wildman–Crippen MR) is 67.9 cm³/mol. The molecule has 1 amide bonds. The summed E-state index contributed by atoms with van der Waals surface area (Å²) in [6, 6.07) is 2.54. The number of amides is 1. The molecule has 1 N–H and O–H groups in total. The van der Waals surface area contributed by atoms with Gasteiger partial charge in [-0.2, -0.15) is 5.10 Å². The standard InChI is InChI=1S/C12H17N3O4/c1-8(2)6-15(7-11(17)18)12(19)9-4-5-10(16)14(3)13-9/h4-5,8H,6-7H2,1-3H3,(H,17,18). The molecule has 0 fully saturated rings. The number of rotatable bonds is 5. The average molecular weight is 267 g/mol. The van der Waals surface area contributed by atoms with Crippen LogP contribution in [0.15, 0.2) is 16.9 Å². The third-order valence-corrected chi connectivity index (χ3v) is 2.38. The molecule has 7 nitrogen and oxygen atoms in total. The largest absolute Gasteiger partial charge is 0.480 e. The summed E-state index contributed by atoms with van der Waals surface area (Å²) in [6.07, 6.45) is 0. The smallest absolute Gasteiger partial charge is 0.323 e. The number of nitrogens with zero attached hydrogens (tertiary/aromatic N) is 3.